The van der Waals surface area contributed by atoms with E-state index in [1.165, 1.54) is 5.56 Å². The largest absolute Gasteiger partial charge is 0.494 e. The topological polar surface area (TPSA) is 52.9 Å². The number of alkyl halides is 1. The number of rotatable bonds is 13. The molecule has 2 aliphatic rings. The fraction of sp³-hybridized carbons (Fsp3) is 0.571. The van der Waals surface area contributed by atoms with Gasteiger partial charge in [-0.3, -0.25) is 4.79 Å². The average Bonchev–Trinajstić information content (AvgIpc) is 3.38. The first-order valence-electron chi connectivity index (χ1n) is 15.8. The Balaban J connectivity index is 1.38. The number of allylic oxidation sites excluding steroid dienone is 2. The minimum Gasteiger partial charge on any atom is -0.399 e. The Bertz CT molecular complexity index is 1270. The number of carbonyl (C=O) groups is 1. The summed E-state index contributed by atoms with van der Waals surface area (Å²) in [7, 11) is 1.32. The average molecular weight is 593 g/mol. The van der Waals surface area contributed by atoms with E-state index in [-0.39, 0.29) is 30.1 Å². The molecule has 0 radical (unpaired) electrons. The highest BCUT2D eigenvalue weighted by Crippen LogP contribution is 2.37. The summed E-state index contributed by atoms with van der Waals surface area (Å²) in [6.07, 6.45) is 10.4. The summed E-state index contributed by atoms with van der Waals surface area (Å²) in [4.78, 5) is 15.4. The molecular weight excluding hydrogens is 542 g/mol. The van der Waals surface area contributed by atoms with E-state index < -0.39 is 6.67 Å². The van der Waals surface area contributed by atoms with Crippen LogP contribution in [0.3, 0.4) is 0 Å². The summed E-state index contributed by atoms with van der Waals surface area (Å²) in [5.74, 6) is 0.380. The summed E-state index contributed by atoms with van der Waals surface area (Å²) < 4.78 is 34.2. The molecule has 0 saturated carbocycles. The van der Waals surface area contributed by atoms with Crippen molar-refractivity contribution < 1.29 is 23.2 Å². The van der Waals surface area contributed by atoms with Gasteiger partial charge in [0, 0.05) is 56.9 Å². The Hall–Kier alpha value is -2.68. The zero-order valence-corrected chi connectivity index (χ0v) is 27.1. The van der Waals surface area contributed by atoms with Gasteiger partial charge in [-0.1, -0.05) is 49.1 Å². The maximum Gasteiger partial charge on any atom is 0.494 e. The Morgan fingerprint density at radius 3 is 2.49 bits per heavy atom. The van der Waals surface area contributed by atoms with Gasteiger partial charge < -0.3 is 23.5 Å². The van der Waals surface area contributed by atoms with Crippen LogP contribution in [0.15, 0.2) is 43.0 Å². The molecule has 2 fully saturated rings. The zero-order chi connectivity index (χ0) is 31.2. The number of halogens is 1. The Morgan fingerprint density at radius 1 is 1.16 bits per heavy atom. The number of methoxy groups -OCH3 is 1. The Morgan fingerprint density at radius 2 is 1.86 bits per heavy atom. The third kappa shape index (κ3) is 7.53. The fourth-order valence-electron chi connectivity index (χ4n) is 6.38. The van der Waals surface area contributed by atoms with Crippen molar-refractivity contribution in [1.82, 2.24) is 9.47 Å². The molecule has 0 aliphatic carbocycles. The van der Waals surface area contributed by atoms with Crippen LogP contribution in [0.5, 0.6) is 0 Å². The number of hydrogen-bond acceptors (Lipinski definition) is 4. The van der Waals surface area contributed by atoms with E-state index in [1.807, 2.05) is 17.1 Å². The minimum absolute atomic E-state index is 0.180. The van der Waals surface area contributed by atoms with E-state index >= 15 is 0 Å². The van der Waals surface area contributed by atoms with Gasteiger partial charge in [-0.15, -0.1) is 0 Å². The molecule has 1 aromatic carbocycles. The van der Waals surface area contributed by atoms with Crippen molar-refractivity contribution in [2.75, 3.05) is 26.8 Å². The quantitative estimate of drug-likeness (QED) is 0.151. The number of piperidine rings is 1. The lowest BCUT2D eigenvalue weighted by Crippen LogP contribution is -2.41. The van der Waals surface area contributed by atoms with Gasteiger partial charge in [0.2, 0.25) is 5.91 Å². The second kappa shape index (κ2) is 14.4. The van der Waals surface area contributed by atoms with Crippen molar-refractivity contribution in [3.63, 3.8) is 0 Å². The highest BCUT2D eigenvalue weighted by Gasteiger charge is 2.51. The lowest BCUT2D eigenvalue weighted by atomic mass is 9.78. The van der Waals surface area contributed by atoms with Gasteiger partial charge in [-0.25, -0.2) is 4.39 Å². The van der Waals surface area contributed by atoms with Crippen LogP contribution >= 0.6 is 0 Å². The molecule has 0 N–H and O–H groups in total. The summed E-state index contributed by atoms with van der Waals surface area (Å²) in [5.41, 5.74) is 5.38. The van der Waals surface area contributed by atoms with Crippen molar-refractivity contribution in [3.05, 3.63) is 71.1 Å². The van der Waals surface area contributed by atoms with E-state index in [4.69, 9.17) is 14.0 Å². The minimum atomic E-state index is -0.530. The van der Waals surface area contributed by atoms with Crippen LogP contribution in [0, 0.1) is 6.92 Å². The highest BCUT2D eigenvalue weighted by molar-refractivity contribution is 6.62. The van der Waals surface area contributed by atoms with E-state index in [1.54, 1.807) is 13.2 Å². The third-order valence-corrected chi connectivity index (χ3v) is 9.49. The van der Waals surface area contributed by atoms with Gasteiger partial charge in [0.15, 0.2) is 0 Å². The molecule has 1 amide bonds. The zero-order valence-electron chi connectivity index (χ0n) is 27.1. The molecule has 0 spiro atoms. The van der Waals surface area contributed by atoms with Gasteiger partial charge >= 0.3 is 7.12 Å². The first-order chi connectivity index (χ1) is 20.5. The van der Waals surface area contributed by atoms with Gasteiger partial charge in [0.05, 0.1) is 16.9 Å². The van der Waals surface area contributed by atoms with Crippen LogP contribution in [0.25, 0.3) is 6.08 Å². The van der Waals surface area contributed by atoms with E-state index in [2.05, 4.69) is 70.0 Å². The number of benzene rings is 1. The molecule has 2 saturated heterocycles. The van der Waals surface area contributed by atoms with Crippen molar-refractivity contribution in [3.8, 4) is 0 Å². The van der Waals surface area contributed by atoms with E-state index in [9.17, 15) is 9.18 Å². The Kier molecular flexibility index (Phi) is 11.1. The molecule has 1 unspecified atom stereocenters. The number of ether oxygens (including phenoxy) is 1. The molecule has 6 nitrogen and oxygen atoms in total. The van der Waals surface area contributed by atoms with Crippen LogP contribution < -0.4 is 5.46 Å². The Labute approximate surface area is 258 Å². The first kappa shape index (κ1) is 33.2. The molecule has 0 bridgehead atoms. The molecule has 234 valence electrons. The van der Waals surface area contributed by atoms with Gasteiger partial charge in [-0.05, 0) is 83.3 Å². The molecule has 43 heavy (non-hydrogen) atoms. The monoisotopic (exact) mass is 592 g/mol. The van der Waals surface area contributed by atoms with Gasteiger partial charge in [0.25, 0.3) is 0 Å². The van der Waals surface area contributed by atoms with Crippen molar-refractivity contribution in [2.24, 2.45) is 0 Å². The molecule has 2 aromatic rings. The summed E-state index contributed by atoms with van der Waals surface area (Å²) in [6, 6.07) is 8.37. The van der Waals surface area contributed by atoms with Crippen LogP contribution in [0.4, 0.5) is 4.39 Å². The number of carbonyl (C=O) groups excluding carboxylic acids is 1. The van der Waals surface area contributed by atoms with Crippen LogP contribution in [0.1, 0.15) is 93.8 Å². The van der Waals surface area contributed by atoms with E-state index in [0.29, 0.717) is 31.8 Å². The van der Waals surface area contributed by atoms with Crippen molar-refractivity contribution in [2.45, 2.75) is 103 Å². The van der Waals surface area contributed by atoms with Crippen LogP contribution in [-0.2, 0) is 38.5 Å². The molecule has 3 heterocycles. The smallest absolute Gasteiger partial charge is 0.399 e. The second-order valence-corrected chi connectivity index (χ2v) is 13.0. The molecule has 8 heteroatoms. The SMILES string of the molecule is C=C/C=C\c1c(C)c(C2CCCN(C(=O)CCCc3ccc(B4OC(C)(C)C(C)(C)O4)cc3)C2)n(CCCOC)c1CF. The second-order valence-electron chi connectivity index (χ2n) is 13.0. The predicted octanol–water partition coefficient (Wildman–Crippen LogP) is 6.53. The summed E-state index contributed by atoms with van der Waals surface area (Å²) in [6.45, 7) is 16.4. The van der Waals surface area contributed by atoms with Crippen molar-refractivity contribution >= 4 is 24.6 Å². The normalized spacial score (nSPS) is 19.8. The van der Waals surface area contributed by atoms with Crippen molar-refractivity contribution in [1.29, 1.82) is 0 Å². The van der Waals surface area contributed by atoms with Crippen LogP contribution in [-0.4, -0.2) is 60.5 Å². The van der Waals surface area contributed by atoms with Crippen LogP contribution in [0.2, 0.25) is 0 Å². The molecule has 2 aliphatic heterocycles. The maximum atomic E-state index is 14.4. The fourth-order valence-corrected chi connectivity index (χ4v) is 6.38. The molecular formula is C35H50BFN2O4. The summed E-state index contributed by atoms with van der Waals surface area (Å²) in [5, 5.41) is 0. The number of nitrogens with zero attached hydrogens (tertiary/aromatic N) is 2. The first-order valence-corrected chi connectivity index (χ1v) is 15.8. The lowest BCUT2D eigenvalue weighted by molar-refractivity contribution is -0.132. The number of aryl methyl sites for hydroxylation is 1. The van der Waals surface area contributed by atoms with Gasteiger partial charge in [-0.2, -0.15) is 0 Å². The number of amides is 1. The van der Waals surface area contributed by atoms with E-state index in [0.717, 1.165) is 60.9 Å². The maximum absolute atomic E-state index is 14.4. The third-order valence-electron chi connectivity index (χ3n) is 9.49. The predicted molar refractivity (Wildman–Crippen MR) is 173 cm³/mol. The number of aromatic nitrogens is 1. The number of hydrogen-bond donors (Lipinski definition) is 0. The standard InChI is InChI=1S/C35H50BFN2O4/c1-8-9-15-30-26(2)33(39(31(30)24-37)22-12-23-41-7)28-14-11-21-38(25-28)32(40)16-10-13-27-17-19-29(20-18-27)36-42-34(3,4)35(5,6)43-36/h8-9,15,17-20,28H,1,10-14,16,21-25H2,2-7H3/b15-9-. The molecule has 1 atom stereocenters. The molecule has 1 aromatic heterocycles. The molecule has 4 rings (SSSR count). The summed E-state index contributed by atoms with van der Waals surface area (Å²) >= 11 is 0. The highest BCUT2D eigenvalue weighted by atomic mass is 19.1. The number of likely N-dealkylation sites (tertiary alicyclic amines) is 1. The van der Waals surface area contributed by atoms with Gasteiger partial charge in [0.1, 0.15) is 6.67 Å². The lowest BCUT2D eigenvalue weighted by Gasteiger charge is -2.34.